The molecule has 0 spiro atoms. The summed E-state index contributed by atoms with van der Waals surface area (Å²) in [5.41, 5.74) is 3.08. The minimum Gasteiger partial charge on any atom is -0.497 e. The van der Waals surface area contributed by atoms with Crippen LogP contribution in [-0.2, 0) is 6.42 Å². The first kappa shape index (κ1) is 19.7. The predicted molar refractivity (Wildman–Crippen MR) is 121 cm³/mol. The van der Waals surface area contributed by atoms with Crippen LogP contribution in [0.5, 0.6) is 5.75 Å². The maximum absolute atomic E-state index is 12.8. The van der Waals surface area contributed by atoms with E-state index in [0.717, 1.165) is 26.6 Å². The molecule has 0 amide bonds. The molecule has 0 aliphatic heterocycles. The summed E-state index contributed by atoms with van der Waals surface area (Å²) in [6.45, 7) is 1.95. The molecule has 0 N–H and O–H groups in total. The molecule has 154 valence electrons. The Morgan fingerprint density at radius 2 is 1.81 bits per heavy atom. The largest absolute Gasteiger partial charge is 0.497 e. The summed E-state index contributed by atoms with van der Waals surface area (Å²) in [6.07, 6.45) is 2.18. The number of Topliss-reactive ketones (excluding diaryl/α,β-unsaturated/α-hetero) is 2. The Balaban J connectivity index is 1.48. The second kappa shape index (κ2) is 7.48. The third-order valence-corrected chi connectivity index (χ3v) is 6.66. The highest BCUT2D eigenvalue weighted by Gasteiger charge is 2.34. The number of furan rings is 1. The Morgan fingerprint density at radius 1 is 1.10 bits per heavy atom. The molecule has 4 aromatic rings. The van der Waals surface area contributed by atoms with Crippen molar-refractivity contribution in [1.82, 2.24) is 4.98 Å². The number of benzene rings is 2. The fourth-order valence-corrected chi connectivity index (χ4v) is 4.85. The fraction of sp³-hybridized carbons (Fsp3) is 0.125. The molecule has 5 rings (SSSR count). The van der Waals surface area contributed by atoms with Crippen molar-refractivity contribution in [2.75, 3.05) is 7.11 Å². The van der Waals surface area contributed by atoms with Crippen LogP contribution in [0.1, 0.15) is 39.0 Å². The second-order valence-corrected chi connectivity index (χ2v) is 8.56. The third-order valence-electron chi connectivity index (χ3n) is 5.28. The number of nitrogens with zero attached hydrogens (tertiary/aromatic N) is 1. The number of rotatable bonds is 4. The van der Waals surface area contributed by atoms with Crippen LogP contribution < -0.4 is 4.74 Å². The van der Waals surface area contributed by atoms with E-state index in [0.29, 0.717) is 34.0 Å². The standard InChI is InChI=1S/C24H16ClNO4S/c1-3-12-8-16-17(11-19(12)25)22(28)18(21(16)27)9-15-10-20-23(30-15)26-24(31-20)13-4-6-14(29-2)7-5-13/h4-11H,3H2,1-2H3/b18-9-. The first-order chi connectivity index (χ1) is 15.0. The van der Waals surface area contributed by atoms with Gasteiger partial charge >= 0.3 is 0 Å². The average Bonchev–Trinajstić information content (AvgIpc) is 3.41. The van der Waals surface area contributed by atoms with Gasteiger partial charge in [0.25, 0.3) is 0 Å². The number of aryl methyl sites for hydroxylation is 1. The Bertz CT molecular complexity index is 1360. The maximum atomic E-state index is 12.8. The van der Waals surface area contributed by atoms with Gasteiger partial charge in [0.2, 0.25) is 5.71 Å². The lowest BCUT2D eigenvalue weighted by molar-refractivity contribution is 0.0990. The number of hydrogen-bond donors (Lipinski definition) is 0. The second-order valence-electron chi connectivity index (χ2n) is 7.12. The highest BCUT2D eigenvalue weighted by Crippen LogP contribution is 2.36. The number of allylic oxidation sites excluding steroid dienone is 1. The van der Waals surface area contributed by atoms with E-state index in [9.17, 15) is 9.59 Å². The smallest absolute Gasteiger partial charge is 0.238 e. The predicted octanol–water partition coefficient (Wildman–Crippen LogP) is 6.24. The van der Waals surface area contributed by atoms with Crippen LogP contribution in [0.25, 0.3) is 27.1 Å². The zero-order valence-electron chi connectivity index (χ0n) is 16.7. The van der Waals surface area contributed by atoms with E-state index in [2.05, 4.69) is 4.98 Å². The zero-order valence-corrected chi connectivity index (χ0v) is 18.3. The van der Waals surface area contributed by atoms with Crippen molar-refractivity contribution >= 4 is 51.0 Å². The molecule has 0 unspecified atom stereocenters. The number of methoxy groups -OCH3 is 1. The molecular formula is C24H16ClNO4S. The average molecular weight is 450 g/mol. The van der Waals surface area contributed by atoms with Crippen molar-refractivity contribution < 1.29 is 18.7 Å². The molecule has 0 atom stereocenters. The van der Waals surface area contributed by atoms with Crippen molar-refractivity contribution in [3.05, 3.63) is 75.5 Å². The first-order valence-electron chi connectivity index (χ1n) is 9.66. The van der Waals surface area contributed by atoms with E-state index < -0.39 is 0 Å². The molecular weight excluding hydrogens is 434 g/mol. The molecule has 0 radical (unpaired) electrons. The minimum absolute atomic E-state index is 0.0797. The summed E-state index contributed by atoms with van der Waals surface area (Å²) < 4.78 is 11.8. The number of thiazole rings is 1. The summed E-state index contributed by atoms with van der Waals surface area (Å²) >= 11 is 7.71. The molecule has 0 saturated carbocycles. The molecule has 1 aliphatic rings. The van der Waals surface area contributed by atoms with Crippen LogP contribution in [0.15, 0.2) is 52.5 Å². The molecule has 2 heterocycles. The van der Waals surface area contributed by atoms with Gasteiger partial charge in [-0.15, -0.1) is 11.3 Å². The first-order valence-corrected chi connectivity index (χ1v) is 10.9. The van der Waals surface area contributed by atoms with E-state index in [4.69, 9.17) is 20.8 Å². The van der Waals surface area contributed by atoms with Gasteiger partial charge in [-0.3, -0.25) is 9.59 Å². The molecule has 5 nitrogen and oxygen atoms in total. The molecule has 7 heteroatoms. The number of aromatic nitrogens is 1. The van der Waals surface area contributed by atoms with Gasteiger partial charge in [-0.2, -0.15) is 0 Å². The van der Waals surface area contributed by atoms with Crippen molar-refractivity contribution in [2.45, 2.75) is 13.3 Å². The normalized spacial score (nSPS) is 14.6. The van der Waals surface area contributed by atoms with Crippen LogP contribution in [0.3, 0.4) is 0 Å². The molecule has 2 aromatic carbocycles. The van der Waals surface area contributed by atoms with Gasteiger partial charge in [0.1, 0.15) is 16.5 Å². The highest BCUT2D eigenvalue weighted by molar-refractivity contribution is 7.21. The van der Waals surface area contributed by atoms with Gasteiger partial charge in [0.05, 0.1) is 17.4 Å². The summed E-state index contributed by atoms with van der Waals surface area (Å²) in [6, 6.07) is 12.7. The van der Waals surface area contributed by atoms with E-state index in [1.165, 1.54) is 17.4 Å². The molecule has 2 aromatic heterocycles. The number of carbonyl (C=O) groups is 2. The maximum Gasteiger partial charge on any atom is 0.238 e. The Hall–Kier alpha value is -3.22. The van der Waals surface area contributed by atoms with Crippen LogP contribution in [-0.4, -0.2) is 23.7 Å². The van der Waals surface area contributed by atoms with Crippen LogP contribution in [0, 0.1) is 0 Å². The van der Waals surface area contributed by atoms with Gasteiger partial charge in [-0.1, -0.05) is 18.5 Å². The lowest BCUT2D eigenvalue weighted by Crippen LogP contribution is -1.99. The monoisotopic (exact) mass is 449 g/mol. The molecule has 0 saturated heterocycles. The van der Waals surface area contributed by atoms with E-state index in [-0.39, 0.29) is 17.1 Å². The summed E-state index contributed by atoms with van der Waals surface area (Å²) in [5.74, 6) is 0.549. The Kier molecular flexibility index (Phi) is 4.76. The lowest BCUT2D eigenvalue weighted by Gasteiger charge is -2.03. The van der Waals surface area contributed by atoms with Gasteiger partial charge in [-0.05, 0) is 54.5 Å². The Morgan fingerprint density at radius 3 is 2.45 bits per heavy atom. The number of fused-ring (bicyclic) bond motifs is 2. The van der Waals surface area contributed by atoms with Crippen molar-refractivity contribution in [3.63, 3.8) is 0 Å². The summed E-state index contributed by atoms with van der Waals surface area (Å²) in [4.78, 5) is 30.2. The van der Waals surface area contributed by atoms with E-state index >= 15 is 0 Å². The Labute approximate surface area is 186 Å². The number of ketones is 2. The topological polar surface area (TPSA) is 69.4 Å². The molecule has 0 bridgehead atoms. The van der Waals surface area contributed by atoms with Crippen LogP contribution in [0.2, 0.25) is 5.02 Å². The van der Waals surface area contributed by atoms with Gasteiger partial charge in [0, 0.05) is 27.8 Å². The van der Waals surface area contributed by atoms with Gasteiger partial charge < -0.3 is 9.15 Å². The summed E-state index contributed by atoms with van der Waals surface area (Å²) in [5, 5.41) is 1.31. The fourth-order valence-electron chi connectivity index (χ4n) is 3.61. The quantitative estimate of drug-likeness (QED) is 0.272. The van der Waals surface area contributed by atoms with Crippen LogP contribution in [0.4, 0.5) is 0 Å². The van der Waals surface area contributed by atoms with Crippen molar-refractivity contribution in [1.29, 1.82) is 0 Å². The molecule has 31 heavy (non-hydrogen) atoms. The minimum atomic E-state index is -0.337. The molecule has 1 aliphatic carbocycles. The molecule has 0 fully saturated rings. The van der Waals surface area contributed by atoms with Crippen molar-refractivity contribution in [3.8, 4) is 16.3 Å². The van der Waals surface area contributed by atoms with Crippen molar-refractivity contribution in [2.24, 2.45) is 0 Å². The number of ether oxygens (including phenoxy) is 1. The van der Waals surface area contributed by atoms with Gasteiger partial charge in [0.15, 0.2) is 11.6 Å². The number of carbonyl (C=O) groups excluding carboxylic acids is 2. The lowest BCUT2D eigenvalue weighted by atomic mass is 10.0. The SMILES string of the molecule is CCc1cc2c(cc1Cl)C(=O)/C(=C\c1cc3sc(-c4ccc(OC)cc4)nc3o1)C2=O. The van der Waals surface area contributed by atoms with E-state index in [1.54, 1.807) is 25.3 Å². The van der Waals surface area contributed by atoms with Gasteiger partial charge in [-0.25, -0.2) is 4.98 Å². The number of hydrogen-bond acceptors (Lipinski definition) is 6. The van der Waals surface area contributed by atoms with E-state index in [1.807, 2.05) is 31.2 Å². The third kappa shape index (κ3) is 3.28. The highest BCUT2D eigenvalue weighted by atomic mass is 35.5. The zero-order chi connectivity index (χ0) is 21.7. The van der Waals surface area contributed by atoms with Crippen LogP contribution >= 0.6 is 22.9 Å². The summed E-state index contributed by atoms with van der Waals surface area (Å²) in [7, 11) is 1.62. The number of halogens is 1.